The molecule has 0 spiro atoms. The van der Waals surface area contributed by atoms with Crippen molar-refractivity contribution >= 4 is 22.3 Å². The molecule has 1 aromatic carbocycles. The Hall–Kier alpha value is -1.84. The van der Waals surface area contributed by atoms with Crippen molar-refractivity contribution in [3.05, 3.63) is 30.2 Å². The normalized spacial score (nSPS) is 16.9. The van der Waals surface area contributed by atoms with Crippen molar-refractivity contribution in [3.8, 4) is 0 Å². The summed E-state index contributed by atoms with van der Waals surface area (Å²) in [7, 11) is 0. The minimum atomic E-state index is -0.255. The monoisotopic (exact) mass is 273 g/mol. The second-order valence-corrected chi connectivity index (χ2v) is 5.45. The van der Waals surface area contributed by atoms with Gasteiger partial charge in [-0.1, -0.05) is 19.3 Å². The molecule has 0 unspecified atom stereocenters. The highest BCUT2D eigenvalue weighted by molar-refractivity contribution is 5.98. The predicted octanol–water partition coefficient (Wildman–Crippen LogP) is 3.73. The van der Waals surface area contributed by atoms with Crippen molar-refractivity contribution in [2.75, 3.05) is 23.7 Å². The molecule has 2 aromatic rings. The highest BCUT2D eigenvalue weighted by Crippen LogP contribution is 2.33. The van der Waals surface area contributed by atoms with Gasteiger partial charge in [0.25, 0.3) is 0 Å². The molecule has 3 rings (SSSR count). The van der Waals surface area contributed by atoms with Gasteiger partial charge in [-0.2, -0.15) is 0 Å². The molecular weight excluding hydrogens is 253 g/mol. The number of anilines is 2. The maximum atomic E-state index is 14.4. The first-order valence-electron chi connectivity index (χ1n) is 7.35. The van der Waals surface area contributed by atoms with E-state index in [1.807, 2.05) is 12.1 Å². The second-order valence-electron chi connectivity index (χ2n) is 5.45. The summed E-state index contributed by atoms with van der Waals surface area (Å²) in [5.41, 5.74) is 7.68. The summed E-state index contributed by atoms with van der Waals surface area (Å²) in [6.07, 6.45) is 7.65. The molecule has 1 aliphatic heterocycles. The molecule has 20 heavy (non-hydrogen) atoms. The van der Waals surface area contributed by atoms with E-state index in [1.54, 1.807) is 6.20 Å². The zero-order chi connectivity index (χ0) is 13.9. The lowest BCUT2D eigenvalue weighted by Crippen LogP contribution is -2.28. The molecule has 1 aliphatic rings. The number of nitrogen functional groups attached to an aromatic ring is 1. The standard InChI is InChI=1S/C16H20FN3/c17-13-11-14(18)12-7-6-8-19-15(12)16(13)20-9-4-2-1-3-5-10-20/h6-8,11H,1-5,9-10,18H2. The van der Waals surface area contributed by atoms with Crippen LogP contribution in [0.25, 0.3) is 10.9 Å². The number of fused-ring (bicyclic) bond motifs is 1. The minimum absolute atomic E-state index is 0.255. The van der Waals surface area contributed by atoms with Gasteiger partial charge < -0.3 is 10.6 Å². The molecule has 106 valence electrons. The molecule has 0 bridgehead atoms. The van der Waals surface area contributed by atoms with E-state index in [2.05, 4.69) is 9.88 Å². The predicted molar refractivity (Wildman–Crippen MR) is 81.4 cm³/mol. The van der Waals surface area contributed by atoms with Gasteiger partial charge in [-0.25, -0.2) is 4.39 Å². The first-order valence-corrected chi connectivity index (χ1v) is 7.35. The van der Waals surface area contributed by atoms with E-state index in [4.69, 9.17) is 5.73 Å². The van der Waals surface area contributed by atoms with Gasteiger partial charge in [0.05, 0.1) is 11.2 Å². The number of halogens is 1. The van der Waals surface area contributed by atoms with Crippen molar-refractivity contribution < 1.29 is 4.39 Å². The molecule has 3 nitrogen and oxygen atoms in total. The van der Waals surface area contributed by atoms with Crippen LogP contribution in [0.1, 0.15) is 32.1 Å². The molecule has 0 amide bonds. The largest absolute Gasteiger partial charge is 0.398 e. The van der Waals surface area contributed by atoms with Crippen LogP contribution in [0, 0.1) is 5.82 Å². The van der Waals surface area contributed by atoms with E-state index in [0.29, 0.717) is 16.9 Å². The topological polar surface area (TPSA) is 42.1 Å². The average molecular weight is 273 g/mol. The van der Waals surface area contributed by atoms with E-state index in [1.165, 1.54) is 25.3 Å². The molecule has 1 saturated heterocycles. The average Bonchev–Trinajstić information content (AvgIpc) is 2.41. The van der Waals surface area contributed by atoms with Gasteiger partial charge in [0, 0.05) is 30.4 Å². The Balaban J connectivity index is 2.09. The number of hydrogen-bond donors (Lipinski definition) is 1. The number of rotatable bonds is 1. The number of benzene rings is 1. The van der Waals surface area contributed by atoms with Crippen LogP contribution < -0.4 is 10.6 Å². The third kappa shape index (κ3) is 2.42. The van der Waals surface area contributed by atoms with Crippen LogP contribution in [0.2, 0.25) is 0 Å². The first-order chi connectivity index (χ1) is 9.77. The molecule has 0 atom stereocenters. The van der Waals surface area contributed by atoms with Crippen LogP contribution >= 0.6 is 0 Å². The third-order valence-corrected chi connectivity index (χ3v) is 4.02. The van der Waals surface area contributed by atoms with Crippen molar-refractivity contribution in [1.82, 2.24) is 4.98 Å². The Morgan fingerprint density at radius 3 is 2.55 bits per heavy atom. The van der Waals surface area contributed by atoms with Gasteiger partial charge in [-0.3, -0.25) is 4.98 Å². The zero-order valence-corrected chi connectivity index (χ0v) is 11.6. The molecule has 1 fully saturated rings. The summed E-state index contributed by atoms with van der Waals surface area (Å²) in [4.78, 5) is 6.51. The van der Waals surface area contributed by atoms with E-state index in [-0.39, 0.29) is 5.82 Å². The molecule has 1 aromatic heterocycles. The van der Waals surface area contributed by atoms with Gasteiger partial charge in [0.15, 0.2) is 5.82 Å². The molecule has 2 heterocycles. The van der Waals surface area contributed by atoms with Gasteiger partial charge >= 0.3 is 0 Å². The van der Waals surface area contributed by atoms with Gasteiger partial charge in [-0.15, -0.1) is 0 Å². The molecule has 2 N–H and O–H groups in total. The minimum Gasteiger partial charge on any atom is -0.398 e. The van der Waals surface area contributed by atoms with Crippen LogP contribution in [-0.4, -0.2) is 18.1 Å². The maximum Gasteiger partial charge on any atom is 0.150 e. The molecule has 4 heteroatoms. The van der Waals surface area contributed by atoms with Gasteiger partial charge in [0.2, 0.25) is 0 Å². The van der Waals surface area contributed by atoms with Crippen LogP contribution in [0.4, 0.5) is 15.8 Å². The Morgan fingerprint density at radius 2 is 1.80 bits per heavy atom. The van der Waals surface area contributed by atoms with Crippen LogP contribution in [0.5, 0.6) is 0 Å². The Morgan fingerprint density at radius 1 is 1.10 bits per heavy atom. The summed E-state index contributed by atoms with van der Waals surface area (Å²) in [5, 5.41) is 0.839. The smallest absolute Gasteiger partial charge is 0.150 e. The Bertz CT molecular complexity index is 604. The third-order valence-electron chi connectivity index (χ3n) is 4.02. The lowest BCUT2D eigenvalue weighted by Gasteiger charge is -2.28. The summed E-state index contributed by atoms with van der Waals surface area (Å²) in [6, 6.07) is 5.18. The Labute approximate surface area is 118 Å². The van der Waals surface area contributed by atoms with E-state index in [9.17, 15) is 4.39 Å². The molecule has 0 radical (unpaired) electrons. The van der Waals surface area contributed by atoms with Crippen LogP contribution in [-0.2, 0) is 0 Å². The Kier molecular flexibility index (Phi) is 3.72. The fourth-order valence-electron chi connectivity index (χ4n) is 2.99. The van der Waals surface area contributed by atoms with E-state index < -0.39 is 0 Å². The van der Waals surface area contributed by atoms with Gasteiger partial charge in [-0.05, 0) is 31.0 Å². The fraction of sp³-hybridized carbons (Fsp3) is 0.438. The van der Waals surface area contributed by atoms with Crippen molar-refractivity contribution in [3.63, 3.8) is 0 Å². The SMILES string of the molecule is Nc1cc(F)c(N2CCCCCCC2)c2ncccc12. The summed E-state index contributed by atoms with van der Waals surface area (Å²) < 4.78 is 14.4. The van der Waals surface area contributed by atoms with Crippen molar-refractivity contribution in [2.45, 2.75) is 32.1 Å². The lowest BCUT2D eigenvalue weighted by molar-refractivity contribution is 0.546. The van der Waals surface area contributed by atoms with Crippen LogP contribution in [0.3, 0.4) is 0 Å². The van der Waals surface area contributed by atoms with E-state index >= 15 is 0 Å². The van der Waals surface area contributed by atoms with Crippen molar-refractivity contribution in [2.24, 2.45) is 0 Å². The first kappa shape index (κ1) is 13.2. The highest BCUT2D eigenvalue weighted by Gasteiger charge is 2.18. The zero-order valence-electron chi connectivity index (χ0n) is 11.6. The number of aromatic nitrogens is 1. The lowest BCUT2D eigenvalue weighted by atomic mass is 10.1. The molecule has 0 aliphatic carbocycles. The summed E-state index contributed by atoms with van der Waals surface area (Å²) in [5.74, 6) is -0.255. The molecular formula is C16H20FN3. The van der Waals surface area contributed by atoms with E-state index in [0.717, 1.165) is 31.3 Å². The second kappa shape index (κ2) is 5.65. The number of pyridine rings is 1. The number of hydrogen-bond acceptors (Lipinski definition) is 3. The van der Waals surface area contributed by atoms with Crippen molar-refractivity contribution in [1.29, 1.82) is 0 Å². The van der Waals surface area contributed by atoms with Gasteiger partial charge in [0.1, 0.15) is 0 Å². The number of nitrogens with zero attached hydrogens (tertiary/aromatic N) is 2. The highest BCUT2D eigenvalue weighted by atomic mass is 19.1. The quantitative estimate of drug-likeness (QED) is 0.805. The molecule has 0 saturated carbocycles. The summed E-state index contributed by atoms with van der Waals surface area (Å²) >= 11 is 0. The maximum absolute atomic E-state index is 14.4. The summed E-state index contributed by atoms with van der Waals surface area (Å²) in [6.45, 7) is 1.79. The van der Waals surface area contributed by atoms with Crippen LogP contribution in [0.15, 0.2) is 24.4 Å². The fourth-order valence-corrected chi connectivity index (χ4v) is 2.99. The number of nitrogens with two attached hydrogens (primary N) is 1.